The maximum atomic E-state index is 6.19. The van der Waals surface area contributed by atoms with Gasteiger partial charge >= 0.3 is 120 Å². The average molecular weight is 879 g/mol. The molecule has 0 N–H and O–H groups in total. The van der Waals surface area contributed by atoms with Gasteiger partial charge in [0.25, 0.3) is 0 Å². The molecule has 2 fully saturated rings. The molecule has 4 aromatic carbocycles. The molecule has 1 aliphatic carbocycles. The molecule has 3 aliphatic rings. The van der Waals surface area contributed by atoms with Crippen LogP contribution in [0, 0.1) is 23.9 Å². The Morgan fingerprint density at radius 2 is 0.893 bits per heavy atom. The third kappa shape index (κ3) is 9.93. The first-order valence-corrected chi connectivity index (χ1v) is 26.0. The van der Waals surface area contributed by atoms with Gasteiger partial charge in [0.15, 0.2) is 0 Å². The van der Waals surface area contributed by atoms with E-state index in [4.69, 9.17) is 19.4 Å². The normalized spacial score (nSPS) is 18.7. The van der Waals surface area contributed by atoms with Crippen molar-refractivity contribution in [3.05, 3.63) is 149 Å². The second-order valence-corrected chi connectivity index (χ2v) is 24.0. The Morgan fingerprint density at radius 1 is 0.518 bits per heavy atom. The number of allylic oxidation sites excluding steroid dienone is 1. The number of para-hydroxylation sites is 2. The van der Waals surface area contributed by atoms with Crippen LogP contribution in [0.15, 0.2) is 97.1 Å². The third-order valence-corrected chi connectivity index (χ3v) is 14.5. The van der Waals surface area contributed by atoms with Gasteiger partial charge in [-0.25, -0.2) is 13.1 Å². The van der Waals surface area contributed by atoms with Crippen LogP contribution in [0.2, 0.25) is 0 Å². The number of benzene rings is 4. The number of aryl methyl sites for hydroxylation is 4. The fourth-order valence-electron chi connectivity index (χ4n) is 9.49. The predicted molar refractivity (Wildman–Crippen MR) is 245 cm³/mol. The molecule has 4 aromatic rings. The molecule has 304 valence electrons. The van der Waals surface area contributed by atoms with Crippen molar-refractivity contribution >= 4 is 40.4 Å². The molecule has 0 atom stereocenters. The molecule has 56 heavy (non-hydrogen) atoms. The van der Waals surface area contributed by atoms with Gasteiger partial charge in [-0.1, -0.05) is 105 Å². The van der Waals surface area contributed by atoms with E-state index in [1.165, 1.54) is 68.7 Å². The number of anilines is 2. The standard InChI is InChI=1S/2C18H28N.C15H10.2ClH.Ru/c2*1-7-14-10-9-11-15(8-2)16(14)19-13-17(3,4)12-18(19,5)6;1-2-6-12(7-3-1)15-11-10-13-8-4-5-9-14(13)15;;;/h2*9-11,13H,7-8,12H2,1-6H3;1-9,11H;2*1H;/q2*-1;;;;+2/p-2. The Morgan fingerprint density at radius 3 is 1.23 bits per heavy atom. The fourth-order valence-corrected chi connectivity index (χ4v) is 12.0. The average Bonchev–Trinajstić information content (AvgIpc) is 3.74. The SMILES string of the molecule is CCc1cccc(CC)c1N1[CH-]C(C)(C)CC1(C)C.CCc1cccc(CC)c1N1[CH-]C(C)(C)CC1(C)C.[Cl][Ru]([Cl])=[C]1C=C(c2ccccc2)c2ccccc21. The van der Waals surface area contributed by atoms with Crippen LogP contribution in [-0.2, 0) is 39.2 Å². The van der Waals surface area contributed by atoms with Gasteiger partial charge in [0.05, 0.1) is 0 Å². The molecule has 0 aromatic heterocycles. The zero-order chi connectivity index (χ0) is 41.1. The second kappa shape index (κ2) is 18.1. The molecule has 5 heteroatoms. The van der Waals surface area contributed by atoms with E-state index in [2.05, 4.69) is 179 Å². The first-order valence-electron chi connectivity index (χ1n) is 20.6. The van der Waals surface area contributed by atoms with Crippen molar-refractivity contribution in [1.29, 1.82) is 0 Å². The summed E-state index contributed by atoms with van der Waals surface area (Å²) in [6.07, 6.45) is 8.98. The maximum absolute atomic E-state index is 6.19. The van der Waals surface area contributed by atoms with Crippen molar-refractivity contribution in [2.75, 3.05) is 9.80 Å². The number of nitrogens with zero attached hydrogens (tertiary/aromatic N) is 2. The second-order valence-electron chi connectivity index (χ2n) is 18.2. The van der Waals surface area contributed by atoms with Crippen LogP contribution in [-0.4, -0.2) is 15.2 Å². The molecule has 2 aliphatic heterocycles. The van der Waals surface area contributed by atoms with Crippen molar-refractivity contribution in [2.45, 2.75) is 133 Å². The van der Waals surface area contributed by atoms with Gasteiger partial charge in [-0.3, -0.25) is 0 Å². The monoisotopic (exact) mass is 878 g/mol. The number of hydrogen-bond donors (Lipinski definition) is 0. The van der Waals surface area contributed by atoms with E-state index in [0.717, 1.165) is 29.8 Å². The van der Waals surface area contributed by atoms with Crippen LogP contribution < -0.4 is 9.80 Å². The van der Waals surface area contributed by atoms with E-state index in [9.17, 15) is 0 Å². The molecule has 0 saturated carbocycles. The molecule has 2 heterocycles. The van der Waals surface area contributed by atoms with Gasteiger partial charge < -0.3 is 9.80 Å². The van der Waals surface area contributed by atoms with Crippen LogP contribution in [0.1, 0.15) is 135 Å². The van der Waals surface area contributed by atoms with E-state index < -0.39 is 13.5 Å². The topological polar surface area (TPSA) is 6.48 Å². The van der Waals surface area contributed by atoms with Crippen molar-refractivity contribution in [3.8, 4) is 0 Å². The summed E-state index contributed by atoms with van der Waals surface area (Å²) in [5.41, 5.74) is 14.7. The van der Waals surface area contributed by atoms with Crippen molar-refractivity contribution < 1.29 is 13.5 Å². The van der Waals surface area contributed by atoms with Crippen molar-refractivity contribution in [3.63, 3.8) is 0 Å². The summed E-state index contributed by atoms with van der Waals surface area (Å²) in [6, 6.07) is 32.2. The summed E-state index contributed by atoms with van der Waals surface area (Å²) in [5, 5.41) is 0. The Hall–Kier alpha value is -2.71. The molecule has 2 nitrogen and oxygen atoms in total. The summed E-state index contributed by atoms with van der Waals surface area (Å²) in [5.74, 6) is 0. The number of fused-ring (bicyclic) bond motifs is 1. The molecule has 0 bridgehead atoms. The number of rotatable bonds is 7. The summed E-state index contributed by atoms with van der Waals surface area (Å²) < 4.78 is 1.12. The Labute approximate surface area is 354 Å². The predicted octanol–water partition coefficient (Wildman–Crippen LogP) is 14.6. The van der Waals surface area contributed by atoms with Gasteiger partial charge in [-0.2, -0.15) is 0 Å². The van der Waals surface area contributed by atoms with Gasteiger partial charge in [0.1, 0.15) is 0 Å². The molecule has 0 unspecified atom stereocenters. The van der Waals surface area contributed by atoms with Crippen LogP contribution in [0.25, 0.3) is 5.57 Å². The molecule has 0 radical (unpaired) electrons. The number of hydrogen-bond acceptors (Lipinski definition) is 2. The van der Waals surface area contributed by atoms with Gasteiger partial charge in [-0.15, -0.1) is 10.8 Å². The Kier molecular flexibility index (Phi) is 14.3. The van der Waals surface area contributed by atoms with E-state index in [-0.39, 0.29) is 21.9 Å². The summed E-state index contributed by atoms with van der Waals surface area (Å²) in [4.78, 5) is 5.09. The Balaban J connectivity index is 0.000000161. The minimum absolute atomic E-state index is 0.207. The van der Waals surface area contributed by atoms with E-state index >= 15 is 0 Å². The van der Waals surface area contributed by atoms with E-state index in [1.807, 2.05) is 24.3 Å². The molecule has 2 saturated heterocycles. The first kappa shape index (κ1) is 44.4. The molecule has 7 rings (SSSR count). The molecular weight excluding hydrogens is 813 g/mol. The van der Waals surface area contributed by atoms with E-state index in [1.54, 1.807) is 0 Å². The van der Waals surface area contributed by atoms with E-state index in [0.29, 0.717) is 0 Å². The zero-order valence-electron chi connectivity index (χ0n) is 36.1. The quantitative estimate of drug-likeness (QED) is 0.135. The molecule has 0 spiro atoms. The van der Waals surface area contributed by atoms with Crippen LogP contribution in [0.5, 0.6) is 0 Å². The third-order valence-electron chi connectivity index (χ3n) is 11.4. The van der Waals surface area contributed by atoms with Crippen molar-refractivity contribution in [2.24, 2.45) is 10.8 Å². The Bertz CT molecular complexity index is 1900. The fraction of sp³-hybridized carbons (Fsp3) is 0.431. The first-order chi connectivity index (χ1) is 26.4. The van der Waals surface area contributed by atoms with Crippen molar-refractivity contribution in [1.82, 2.24) is 0 Å². The summed E-state index contributed by atoms with van der Waals surface area (Å²) >= 11 is -1.88. The summed E-state index contributed by atoms with van der Waals surface area (Å²) in [6.45, 7) is 32.7. The van der Waals surface area contributed by atoms with Gasteiger partial charge in [0.2, 0.25) is 0 Å². The minimum atomic E-state index is -1.88. The van der Waals surface area contributed by atoms with Gasteiger partial charge in [-0.05, 0) is 75.6 Å². The zero-order valence-corrected chi connectivity index (χ0v) is 39.4. The van der Waals surface area contributed by atoms with Crippen LogP contribution in [0.4, 0.5) is 11.4 Å². The van der Waals surface area contributed by atoms with Gasteiger partial charge in [0, 0.05) is 22.5 Å². The number of halogens is 2. The van der Waals surface area contributed by atoms with Crippen LogP contribution >= 0.6 is 19.4 Å². The molecule has 0 amide bonds. The summed E-state index contributed by atoms with van der Waals surface area (Å²) in [7, 11) is 12.4. The molecular formula is C51H66Cl2N2Ru-2. The van der Waals surface area contributed by atoms with Crippen LogP contribution in [0.3, 0.4) is 0 Å².